The number of piperidine rings is 1. The Labute approximate surface area is 108 Å². The Bertz CT molecular complexity index is 347. The van der Waals surface area contributed by atoms with Gasteiger partial charge in [-0.1, -0.05) is 0 Å². The number of carboxylic acids is 1. The minimum Gasteiger partial charge on any atom is -0.480 e. The first-order valence-electron chi connectivity index (χ1n) is 5.99. The van der Waals surface area contributed by atoms with Crippen LogP contribution in [0.3, 0.4) is 0 Å². The lowest BCUT2D eigenvalue weighted by atomic mass is 9.97. The van der Waals surface area contributed by atoms with Crippen molar-refractivity contribution in [2.45, 2.75) is 32.0 Å². The monoisotopic (exact) mass is 282 g/mol. The maximum absolute atomic E-state index is 12.6. The number of aliphatic carboxylic acids is 1. The van der Waals surface area contributed by atoms with E-state index < -0.39 is 30.0 Å². The first kappa shape index (κ1) is 15.7. The minimum atomic E-state index is -4.26. The van der Waals surface area contributed by atoms with Crippen molar-refractivity contribution in [2.24, 2.45) is 5.92 Å². The average molecular weight is 282 g/mol. The van der Waals surface area contributed by atoms with Gasteiger partial charge in [-0.3, -0.25) is 4.79 Å². The van der Waals surface area contributed by atoms with Gasteiger partial charge in [0.05, 0.1) is 5.92 Å². The smallest absolute Gasteiger partial charge is 0.393 e. The predicted octanol–water partition coefficient (Wildman–Crippen LogP) is 0.850. The lowest BCUT2D eigenvalue weighted by Crippen LogP contribution is -2.51. The topological polar surface area (TPSA) is 69.6 Å². The Morgan fingerprint density at radius 1 is 1.47 bits per heavy atom. The normalized spacial score (nSPS) is 22.8. The average Bonchev–Trinajstić information content (AvgIpc) is 2.26. The van der Waals surface area contributed by atoms with Crippen LogP contribution >= 0.6 is 0 Å². The zero-order valence-electron chi connectivity index (χ0n) is 10.5. The van der Waals surface area contributed by atoms with Crippen molar-refractivity contribution in [3.63, 3.8) is 0 Å². The number of likely N-dealkylation sites (tertiary alicyclic amines) is 1. The molecular formula is C11H17F3N2O3. The van der Waals surface area contributed by atoms with Gasteiger partial charge in [-0.25, -0.2) is 4.79 Å². The van der Waals surface area contributed by atoms with E-state index in [-0.39, 0.29) is 19.5 Å². The molecule has 0 spiro atoms. The summed E-state index contributed by atoms with van der Waals surface area (Å²) in [5, 5.41) is 11.1. The van der Waals surface area contributed by atoms with E-state index in [4.69, 9.17) is 5.11 Å². The van der Waals surface area contributed by atoms with E-state index in [2.05, 4.69) is 5.32 Å². The van der Waals surface area contributed by atoms with Crippen LogP contribution < -0.4 is 5.32 Å². The highest BCUT2D eigenvalue weighted by molar-refractivity contribution is 5.82. The minimum absolute atomic E-state index is 0.0673. The molecule has 0 aromatic rings. The Hall–Kier alpha value is -1.31. The van der Waals surface area contributed by atoms with Crippen LogP contribution in [0.1, 0.15) is 19.8 Å². The number of hydrogen-bond acceptors (Lipinski definition) is 3. The Kier molecular flexibility index (Phi) is 5.16. The number of carboxylic acid groups (broad SMARTS) is 1. The van der Waals surface area contributed by atoms with Crippen LogP contribution in [0.4, 0.5) is 13.2 Å². The molecule has 5 nitrogen and oxygen atoms in total. The molecule has 2 atom stereocenters. The van der Waals surface area contributed by atoms with Gasteiger partial charge in [-0.2, -0.15) is 13.2 Å². The second kappa shape index (κ2) is 6.23. The SMILES string of the molecule is CC(=O)NC(CN1CCCC(C(F)(F)F)C1)C(=O)O. The van der Waals surface area contributed by atoms with E-state index >= 15 is 0 Å². The fourth-order valence-electron chi connectivity index (χ4n) is 2.18. The highest BCUT2D eigenvalue weighted by atomic mass is 19.4. The van der Waals surface area contributed by atoms with Crippen molar-refractivity contribution in [1.29, 1.82) is 0 Å². The van der Waals surface area contributed by atoms with Crippen LogP contribution in [0.5, 0.6) is 0 Å². The third kappa shape index (κ3) is 5.06. The van der Waals surface area contributed by atoms with Gasteiger partial charge in [0.2, 0.25) is 5.91 Å². The second-order valence-corrected chi connectivity index (χ2v) is 4.73. The van der Waals surface area contributed by atoms with Crippen molar-refractivity contribution >= 4 is 11.9 Å². The standard InChI is InChI=1S/C11H17F3N2O3/c1-7(17)15-9(10(18)19)6-16-4-2-3-8(5-16)11(12,13)14/h8-9H,2-6H2,1H3,(H,15,17)(H,18,19). The molecule has 0 bridgehead atoms. The Balaban J connectivity index is 2.59. The lowest BCUT2D eigenvalue weighted by molar-refractivity contribution is -0.187. The fraction of sp³-hybridized carbons (Fsp3) is 0.818. The van der Waals surface area contributed by atoms with Crippen LogP contribution in [0, 0.1) is 5.92 Å². The van der Waals surface area contributed by atoms with Crippen LogP contribution in [0.2, 0.25) is 0 Å². The summed E-state index contributed by atoms with van der Waals surface area (Å²) < 4.78 is 37.8. The number of hydrogen-bond donors (Lipinski definition) is 2. The van der Waals surface area contributed by atoms with Crippen molar-refractivity contribution in [2.75, 3.05) is 19.6 Å². The van der Waals surface area contributed by atoms with Gasteiger partial charge >= 0.3 is 12.1 Å². The van der Waals surface area contributed by atoms with Crippen molar-refractivity contribution < 1.29 is 27.9 Å². The van der Waals surface area contributed by atoms with E-state index in [1.54, 1.807) is 0 Å². The Morgan fingerprint density at radius 3 is 2.58 bits per heavy atom. The molecule has 0 aliphatic carbocycles. The molecule has 0 radical (unpaired) electrons. The maximum atomic E-state index is 12.6. The first-order chi connectivity index (χ1) is 8.70. The van der Waals surface area contributed by atoms with Crippen LogP contribution in [0.15, 0.2) is 0 Å². The molecule has 2 N–H and O–H groups in total. The highest BCUT2D eigenvalue weighted by Gasteiger charge is 2.42. The zero-order chi connectivity index (χ0) is 14.6. The molecule has 1 saturated heterocycles. The van der Waals surface area contributed by atoms with Crippen LogP contribution in [0.25, 0.3) is 0 Å². The summed E-state index contributed by atoms with van der Waals surface area (Å²) in [6, 6.07) is -1.18. The van der Waals surface area contributed by atoms with E-state index in [0.29, 0.717) is 13.0 Å². The van der Waals surface area contributed by atoms with Crippen molar-refractivity contribution in [1.82, 2.24) is 10.2 Å². The van der Waals surface area contributed by atoms with Gasteiger partial charge in [-0.05, 0) is 19.4 Å². The fourth-order valence-corrected chi connectivity index (χ4v) is 2.18. The molecule has 2 unspecified atom stereocenters. The number of nitrogens with one attached hydrogen (secondary N) is 1. The number of carbonyl (C=O) groups is 2. The summed E-state index contributed by atoms with van der Waals surface area (Å²) in [7, 11) is 0. The largest absolute Gasteiger partial charge is 0.480 e. The molecular weight excluding hydrogens is 265 g/mol. The van der Waals surface area contributed by atoms with E-state index in [1.165, 1.54) is 11.8 Å². The van der Waals surface area contributed by atoms with Gasteiger partial charge in [-0.15, -0.1) is 0 Å². The van der Waals surface area contributed by atoms with Crippen LogP contribution in [-0.2, 0) is 9.59 Å². The molecule has 1 rings (SSSR count). The molecule has 0 aromatic heterocycles. The molecule has 1 fully saturated rings. The number of amides is 1. The molecule has 1 aliphatic heterocycles. The number of halogens is 3. The molecule has 1 aliphatic rings. The van der Waals surface area contributed by atoms with Crippen molar-refractivity contribution in [3.8, 4) is 0 Å². The van der Waals surface area contributed by atoms with Gasteiger partial charge in [0.15, 0.2) is 0 Å². The molecule has 110 valence electrons. The van der Waals surface area contributed by atoms with Crippen LogP contribution in [-0.4, -0.2) is 53.7 Å². The van der Waals surface area contributed by atoms with Gasteiger partial charge in [0, 0.05) is 20.0 Å². The van der Waals surface area contributed by atoms with Gasteiger partial charge in [0.1, 0.15) is 6.04 Å². The molecule has 19 heavy (non-hydrogen) atoms. The zero-order valence-corrected chi connectivity index (χ0v) is 10.5. The number of rotatable bonds is 4. The van der Waals surface area contributed by atoms with Gasteiger partial charge in [0.25, 0.3) is 0 Å². The number of alkyl halides is 3. The third-order valence-corrected chi connectivity index (χ3v) is 3.08. The summed E-state index contributed by atoms with van der Waals surface area (Å²) in [4.78, 5) is 23.2. The second-order valence-electron chi connectivity index (χ2n) is 4.73. The summed E-state index contributed by atoms with van der Waals surface area (Å²) in [5.41, 5.74) is 0. The van der Waals surface area contributed by atoms with E-state index in [9.17, 15) is 22.8 Å². The van der Waals surface area contributed by atoms with Gasteiger partial charge < -0.3 is 15.3 Å². The third-order valence-electron chi connectivity index (χ3n) is 3.08. The summed E-state index contributed by atoms with van der Waals surface area (Å²) >= 11 is 0. The molecule has 8 heteroatoms. The number of nitrogens with zero attached hydrogens (tertiary/aromatic N) is 1. The summed E-state index contributed by atoms with van der Waals surface area (Å²) in [5.74, 6) is -3.19. The quantitative estimate of drug-likeness (QED) is 0.802. The van der Waals surface area contributed by atoms with E-state index in [0.717, 1.165) is 0 Å². The molecule has 1 heterocycles. The summed E-state index contributed by atoms with van der Waals surface area (Å²) in [6.07, 6.45) is -3.82. The number of carbonyl (C=O) groups excluding carboxylic acids is 1. The van der Waals surface area contributed by atoms with Crippen molar-refractivity contribution in [3.05, 3.63) is 0 Å². The Morgan fingerprint density at radius 2 is 2.11 bits per heavy atom. The summed E-state index contributed by atoms with van der Waals surface area (Å²) in [6.45, 7) is 1.26. The maximum Gasteiger partial charge on any atom is 0.393 e. The predicted molar refractivity (Wildman–Crippen MR) is 60.5 cm³/mol. The lowest BCUT2D eigenvalue weighted by Gasteiger charge is -2.34. The molecule has 1 amide bonds. The highest BCUT2D eigenvalue weighted by Crippen LogP contribution is 2.33. The molecule has 0 saturated carbocycles. The van der Waals surface area contributed by atoms with E-state index in [1.807, 2.05) is 0 Å². The molecule has 0 aromatic carbocycles. The first-order valence-corrected chi connectivity index (χ1v) is 5.99.